The summed E-state index contributed by atoms with van der Waals surface area (Å²) in [5.41, 5.74) is 0.336. The van der Waals surface area contributed by atoms with Crippen LogP contribution < -0.4 is 5.32 Å². The van der Waals surface area contributed by atoms with Gasteiger partial charge >= 0.3 is 0 Å². The van der Waals surface area contributed by atoms with Crippen molar-refractivity contribution in [1.82, 2.24) is 14.9 Å². The first-order valence-corrected chi connectivity index (χ1v) is 6.69. The predicted molar refractivity (Wildman–Crippen MR) is 77.3 cm³/mol. The van der Waals surface area contributed by atoms with Crippen LogP contribution in [-0.2, 0) is 0 Å². The second kappa shape index (κ2) is 6.50. The maximum atomic E-state index is 12.2. The van der Waals surface area contributed by atoms with E-state index < -0.39 is 0 Å². The Hall–Kier alpha value is -1.65. The smallest absolute Gasteiger partial charge is 0.272 e. The van der Waals surface area contributed by atoms with Gasteiger partial charge in [-0.1, -0.05) is 13.3 Å². The van der Waals surface area contributed by atoms with Crippen molar-refractivity contribution in [1.29, 1.82) is 0 Å². The van der Waals surface area contributed by atoms with Crippen molar-refractivity contribution >= 4 is 11.7 Å². The summed E-state index contributed by atoms with van der Waals surface area (Å²) in [7, 11) is 1.80. The third kappa shape index (κ3) is 5.24. The Morgan fingerprint density at radius 2 is 2.05 bits per heavy atom. The Kier molecular flexibility index (Phi) is 5.27. The molecule has 0 aliphatic rings. The molecule has 5 heteroatoms. The van der Waals surface area contributed by atoms with Crippen LogP contribution in [0.2, 0.25) is 0 Å². The van der Waals surface area contributed by atoms with Gasteiger partial charge in [0.15, 0.2) is 0 Å². The van der Waals surface area contributed by atoms with Gasteiger partial charge in [0, 0.05) is 25.2 Å². The number of carbonyl (C=O) groups excluding carboxylic acids is 1. The molecule has 1 N–H and O–H groups in total. The number of nitrogens with zero attached hydrogens (tertiary/aromatic N) is 3. The third-order valence-corrected chi connectivity index (χ3v) is 2.58. The van der Waals surface area contributed by atoms with Gasteiger partial charge in [-0.25, -0.2) is 9.97 Å². The summed E-state index contributed by atoms with van der Waals surface area (Å²) in [6.07, 6.45) is 3.49. The second-order valence-electron chi connectivity index (χ2n) is 5.74. The summed E-state index contributed by atoms with van der Waals surface area (Å²) in [6.45, 7) is 8.99. The fraction of sp³-hybridized carbons (Fsp3) is 0.643. The van der Waals surface area contributed by atoms with Crippen LogP contribution in [0.25, 0.3) is 0 Å². The maximum Gasteiger partial charge on any atom is 0.272 e. The summed E-state index contributed by atoms with van der Waals surface area (Å²) >= 11 is 0. The minimum atomic E-state index is -0.0945. The second-order valence-corrected chi connectivity index (χ2v) is 5.74. The topological polar surface area (TPSA) is 58.1 Å². The maximum absolute atomic E-state index is 12.2. The molecule has 5 nitrogen and oxygen atoms in total. The number of anilines is 1. The SMILES string of the molecule is CCCCN(C)C(=O)c1cc(NC(C)(C)C)ncn1. The minimum Gasteiger partial charge on any atom is -0.365 e. The van der Waals surface area contributed by atoms with Gasteiger partial charge in [-0.3, -0.25) is 4.79 Å². The highest BCUT2D eigenvalue weighted by Crippen LogP contribution is 2.13. The zero-order valence-electron chi connectivity index (χ0n) is 12.5. The van der Waals surface area contributed by atoms with Crippen molar-refractivity contribution in [3.05, 3.63) is 18.1 Å². The summed E-state index contributed by atoms with van der Waals surface area (Å²) < 4.78 is 0. The van der Waals surface area contributed by atoms with Crippen LogP contribution in [0.4, 0.5) is 5.82 Å². The van der Waals surface area contributed by atoms with E-state index in [2.05, 4.69) is 22.2 Å². The molecule has 0 saturated heterocycles. The molecule has 0 fully saturated rings. The number of aromatic nitrogens is 2. The molecule has 1 aromatic rings. The molecule has 0 unspecified atom stereocenters. The molecule has 0 aromatic carbocycles. The van der Waals surface area contributed by atoms with Crippen molar-refractivity contribution in [2.45, 2.75) is 46.1 Å². The Labute approximate surface area is 115 Å². The average molecular weight is 264 g/mol. The number of amides is 1. The molecule has 0 radical (unpaired) electrons. The number of rotatable bonds is 5. The molecule has 106 valence electrons. The zero-order chi connectivity index (χ0) is 14.5. The molecule has 1 aromatic heterocycles. The van der Waals surface area contributed by atoms with E-state index in [0.29, 0.717) is 11.5 Å². The molecule has 1 amide bonds. The van der Waals surface area contributed by atoms with Crippen molar-refractivity contribution in [3.63, 3.8) is 0 Å². The average Bonchev–Trinajstić information content (AvgIpc) is 2.33. The first-order chi connectivity index (χ1) is 8.83. The molecule has 0 aliphatic heterocycles. The quantitative estimate of drug-likeness (QED) is 0.888. The summed E-state index contributed by atoms with van der Waals surface area (Å²) in [5, 5.41) is 3.24. The van der Waals surface area contributed by atoms with Gasteiger partial charge in [-0.15, -0.1) is 0 Å². The first-order valence-electron chi connectivity index (χ1n) is 6.69. The van der Waals surface area contributed by atoms with E-state index in [4.69, 9.17) is 0 Å². The monoisotopic (exact) mass is 264 g/mol. The lowest BCUT2D eigenvalue weighted by Gasteiger charge is -2.21. The van der Waals surface area contributed by atoms with Gasteiger partial charge in [0.05, 0.1) is 0 Å². The molecular formula is C14H24N4O. The van der Waals surface area contributed by atoms with Crippen LogP contribution in [0.5, 0.6) is 0 Å². The fourth-order valence-electron chi connectivity index (χ4n) is 1.62. The first kappa shape index (κ1) is 15.4. The summed E-state index contributed by atoms with van der Waals surface area (Å²) in [5.74, 6) is 0.613. The van der Waals surface area contributed by atoms with Gasteiger partial charge in [-0.2, -0.15) is 0 Å². The van der Waals surface area contributed by atoms with Crippen molar-refractivity contribution in [2.24, 2.45) is 0 Å². The highest BCUT2D eigenvalue weighted by Gasteiger charge is 2.15. The lowest BCUT2D eigenvalue weighted by atomic mass is 10.1. The molecule has 0 atom stereocenters. The highest BCUT2D eigenvalue weighted by molar-refractivity contribution is 5.92. The Morgan fingerprint density at radius 1 is 1.37 bits per heavy atom. The van der Waals surface area contributed by atoms with E-state index in [1.165, 1.54) is 6.33 Å². The Balaban J connectivity index is 2.78. The van der Waals surface area contributed by atoms with Gasteiger partial charge in [0.25, 0.3) is 5.91 Å². The van der Waals surface area contributed by atoms with Crippen LogP contribution in [0.3, 0.4) is 0 Å². The van der Waals surface area contributed by atoms with Gasteiger partial charge in [-0.05, 0) is 27.2 Å². The van der Waals surface area contributed by atoms with E-state index in [1.54, 1.807) is 18.0 Å². The fourth-order valence-corrected chi connectivity index (χ4v) is 1.62. The van der Waals surface area contributed by atoms with Crippen molar-refractivity contribution in [3.8, 4) is 0 Å². The molecule has 0 spiro atoms. The van der Waals surface area contributed by atoms with E-state index in [1.807, 2.05) is 20.8 Å². The van der Waals surface area contributed by atoms with Crippen LogP contribution in [-0.4, -0.2) is 39.9 Å². The van der Waals surface area contributed by atoms with E-state index in [9.17, 15) is 4.79 Å². The predicted octanol–water partition coefficient (Wildman–Crippen LogP) is 2.56. The molecule has 1 rings (SSSR count). The molecule has 0 aliphatic carbocycles. The van der Waals surface area contributed by atoms with E-state index >= 15 is 0 Å². The van der Waals surface area contributed by atoms with E-state index in [0.717, 1.165) is 19.4 Å². The van der Waals surface area contributed by atoms with E-state index in [-0.39, 0.29) is 11.4 Å². The van der Waals surface area contributed by atoms with Crippen LogP contribution in [0.15, 0.2) is 12.4 Å². The van der Waals surface area contributed by atoms with Gasteiger partial charge in [0.1, 0.15) is 17.8 Å². The Morgan fingerprint density at radius 3 is 2.63 bits per heavy atom. The standard InChI is InChI=1S/C14H24N4O/c1-6-7-8-18(5)13(19)11-9-12(16-10-15-11)17-14(2,3)4/h9-10H,6-8H2,1-5H3,(H,15,16,17). The number of carbonyl (C=O) groups is 1. The molecule has 1 heterocycles. The lowest BCUT2D eigenvalue weighted by Crippen LogP contribution is -2.30. The van der Waals surface area contributed by atoms with Crippen LogP contribution in [0, 0.1) is 0 Å². The van der Waals surface area contributed by atoms with Crippen molar-refractivity contribution < 1.29 is 4.79 Å². The van der Waals surface area contributed by atoms with Crippen LogP contribution >= 0.6 is 0 Å². The zero-order valence-corrected chi connectivity index (χ0v) is 12.5. The lowest BCUT2D eigenvalue weighted by molar-refractivity contribution is 0.0787. The largest absolute Gasteiger partial charge is 0.365 e. The molecule has 0 bridgehead atoms. The minimum absolute atomic E-state index is 0.0622. The number of unbranched alkanes of at least 4 members (excludes halogenated alkanes) is 1. The molecular weight excluding hydrogens is 240 g/mol. The van der Waals surface area contributed by atoms with Gasteiger partial charge < -0.3 is 10.2 Å². The third-order valence-electron chi connectivity index (χ3n) is 2.58. The highest BCUT2D eigenvalue weighted by atomic mass is 16.2. The Bertz CT molecular complexity index is 426. The summed E-state index contributed by atoms with van der Waals surface area (Å²) in [6, 6.07) is 1.70. The van der Waals surface area contributed by atoms with Crippen LogP contribution in [0.1, 0.15) is 51.0 Å². The molecule has 19 heavy (non-hydrogen) atoms. The number of nitrogens with one attached hydrogen (secondary N) is 1. The normalized spacial score (nSPS) is 11.2. The number of hydrogen-bond acceptors (Lipinski definition) is 4. The van der Waals surface area contributed by atoms with Gasteiger partial charge in [0.2, 0.25) is 0 Å². The number of hydrogen-bond donors (Lipinski definition) is 1. The van der Waals surface area contributed by atoms with Crippen molar-refractivity contribution in [2.75, 3.05) is 18.9 Å². The molecule has 0 saturated carbocycles. The summed E-state index contributed by atoms with van der Waals surface area (Å²) in [4.78, 5) is 22.1.